The Kier molecular flexibility index (Phi) is 5.24. The van der Waals surface area contributed by atoms with Gasteiger partial charge in [0.15, 0.2) is 0 Å². The van der Waals surface area contributed by atoms with Crippen LogP contribution in [0.1, 0.15) is 16.1 Å². The van der Waals surface area contributed by atoms with E-state index in [1.54, 1.807) is 28.8 Å². The Balaban J connectivity index is 1.45. The molecule has 1 aliphatic rings. The molecule has 1 aromatic heterocycles. The summed E-state index contributed by atoms with van der Waals surface area (Å²) in [6.07, 6.45) is -4.37. The Bertz CT molecular complexity index is 1040. The van der Waals surface area contributed by atoms with Gasteiger partial charge in [0, 0.05) is 44.5 Å². The third-order valence-electron chi connectivity index (χ3n) is 5.27. The molecule has 1 amide bonds. The molecule has 8 heteroatoms. The molecule has 0 N–H and O–H groups in total. The number of aromatic nitrogens is 2. The minimum absolute atomic E-state index is 0.129. The van der Waals surface area contributed by atoms with Crippen molar-refractivity contribution >= 4 is 11.6 Å². The minimum Gasteiger partial charge on any atom is -0.368 e. The molecular formula is C22H21F3N4O. The zero-order valence-corrected chi connectivity index (χ0v) is 16.4. The van der Waals surface area contributed by atoms with Crippen molar-refractivity contribution in [2.45, 2.75) is 6.18 Å². The van der Waals surface area contributed by atoms with Gasteiger partial charge in [-0.3, -0.25) is 9.48 Å². The first kappa shape index (κ1) is 20.0. The Labute approximate surface area is 172 Å². The van der Waals surface area contributed by atoms with Gasteiger partial charge < -0.3 is 9.80 Å². The number of aryl methyl sites for hydroxylation is 1. The van der Waals surface area contributed by atoms with Crippen molar-refractivity contribution in [1.82, 2.24) is 14.7 Å². The number of hydrogen-bond donors (Lipinski definition) is 0. The molecule has 0 aliphatic carbocycles. The van der Waals surface area contributed by atoms with Crippen molar-refractivity contribution in [3.63, 3.8) is 0 Å². The smallest absolute Gasteiger partial charge is 0.368 e. The van der Waals surface area contributed by atoms with Gasteiger partial charge in [-0.1, -0.05) is 36.4 Å². The molecule has 2 heterocycles. The Morgan fingerprint density at radius 1 is 0.933 bits per heavy atom. The summed E-state index contributed by atoms with van der Waals surface area (Å²) >= 11 is 0. The molecule has 4 rings (SSSR count). The first-order chi connectivity index (χ1) is 14.3. The van der Waals surface area contributed by atoms with Crippen LogP contribution in [0.5, 0.6) is 0 Å². The minimum atomic E-state index is -4.37. The summed E-state index contributed by atoms with van der Waals surface area (Å²) in [6, 6.07) is 16.7. The molecule has 0 unspecified atom stereocenters. The lowest BCUT2D eigenvalue weighted by Crippen LogP contribution is -2.49. The predicted molar refractivity (Wildman–Crippen MR) is 108 cm³/mol. The van der Waals surface area contributed by atoms with Crippen LogP contribution in [0.2, 0.25) is 0 Å². The molecule has 30 heavy (non-hydrogen) atoms. The molecular weight excluding hydrogens is 393 g/mol. The van der Waals surface area contributed by atoms with Crippen LogP contribution >= 0.6 is 0 Å². The van der Waals surface area contributed by atoms with Crippen LogP contribution in [0.25, 0.3) is 11.3 Å². The highest BCUT2D eigenvalue weighted by Crippen LogP contribution is 2.32. The van der Waals surface area contributed by atoms with E-state index < -0.39 is 11.7 Å². The summed E-state index contributed by atoms with van der Waals surface area (Å²) < 4.78 is 40.5. The average Bonchev–Trinajstić information content (AvgIpc) is 3.15. The summed E-state index contributed by atoms with van der Waals surface area (Å²) in [4.78, 5) is 16.6. The predicted octanol–water partition coefficient (Wildman–Crippen LogP) is 4.07. The van der Waals surface area contributed by atoms with Crippen molar-refractivity contribution in [3.05, 3.63) is 71.9 Å². The number of benzene rings is 2. The van der Waals surface area contributed by atoms with E-state index in [0.717, 1.165) is 23.4 Å². The quantitative estimate of drug-likeness (QED) is 0.649. The Hall–Kier alpha value is -3.29. The summed E-state index contributed by atoms with van der Waals surface area (Å²) in [6.45, 7) is 1.80. The Morgan fingerprint density at radius 3 is 2.30 bits per heavy atom. The maximum atomic E-state index is 13.0. The number of halogens is 3. The van der Waals surface area contributed by atoms with Crippen LogP contribution < -0.4 is 4.90 Å². The molecule has 1 fully saturated rings. The first-order valence-corrected chi connectivity index (χ1v) is 9.64. The molecule has 0 saturated carbocycles. The summed E-state index contributed by atoms with van der Waals surface area (Å²) in [5.74, 6) is -0.129. The van der Waals surface area contributed by atoms with Crippen LogP contribution in [0.15, 0.2) is 60.7 Å². The standard InChI is InChI=1S/C22H21F3N4O/c1-27-20(15-19(26-27)16-6-3-2-4-7-16)21(30)29-12-10-28(11-13-29)18-9-5-8-17(14-18)22(23,24)25/h2-9,14-15H,10-13H2,1H3. The molecule has 0 radical (unpaired) electrons. The second-order valence-electron chi connectivity index (χ2n) is 7.23. The maximum Gasteiger partial charge on any atom is 0.416 e. The molecule has 156 valence electrons. The number of nitrogens with zero attached hydrogens (tertiary/aromatic N) is 4. The molecule has 0 atom stereocenters. The number of anilines is 1. The van der Waals surface area contributed by atoms with Crippen molar-refractivity contribution in [1.29, 1.82) is 0 Å². The van der Waals surface area contributed by atoms with Crippen molar-refractivity contribution in [3.8, 4) is 11.3 Å². The van der Waals surface area contributed by atoms with Crippen LogP contribution in [0.3, 0.4) is 0 Å². The van der Waals surface area contributed by atoms with Crippen LogP contribution in [-0.2, 0) is 13.2 Å². The van der Waals surface area contributed by atoms with Crippen molar-refractivity contribution in [2.75, 3.05) is 31.1 Å². The zero-order valence-electron chi connectivity index (χ0n) is 16.4. The highest BCUT2D eigenvalue weighted by Gasteiger charge is 2.31. The van der Waals surface area contributed by atoms with Gasteiger partial charge in [-0.05, 0) is 24.3 Å². The van der Waals surface area contributed by atoms with Gasteiger partial charge in [-0.25, -0.2) is 0 Å². The van der Waals surface area contributed by atoms with Crippen LogP contribution in [0, 0.1) is 0 Å². The van der Waals surface area contributed by atoms with Gasteiger partial charge in [0.1, 0.15) is 5.69 Å². The lowest BCUT2D eigenvalue weighted by Gasteiger charge is -2.36. The van der Waals surface area contributed by atoms with Gasteiger partial charge >= 0.3 is 6.18 Å². The van der Waals surface area contributed by atoms with E-state index in [9.17, 15) is 18.0 Å². The Morgan fingerprint density at radius 2 is 1.63 bits per heavy atom. The van der Waals surface area contributed by atoms with Crippen molar-refractivity contribution < 1.29 is 18.0 Å². The molecule has 3 aromatic rings. The molecule has 0 spiro atoms. The lowest BCUT2D eigenvalue weighted by atomic mass is 10.1. The number of rotatable bonds is 3. The highest BCUT2D eigenvalue weighted by molar-refractivity contribution is 5.94. The number of carbonyl (C=O) groups is 1. The second kappa shape index (κ2) is 7.85. The van der Waals surface area contributed by atoms with Gasteiger partial charge in [0.25, 0.3) is 5.91 Å². The number of piperazine rings is 1. The topological polar surface area (TPSA) is 41.4 Å². The third-order valence-corrected chi connectivity index (χ3v) is 5.27. The lowest BCUT2D eigenvalue weighted by molar-refractivity contribution is -0.137. The fourth-order valence-corrected chi connectivity index (χ4v) is 3.63. The van der Waals surface area contributed by atoms with E-state index in [1.165, 1.54) is 6.07 Å². The van der Waals surface area contributed by atoms with E-state index in [1.807, 2.05) is 35.2 Å². The maximum absolute atomic E-state index is 13.0. The average molecular weight is 414 g/mol. The van der Waals surface area contributed by atoms with E-state index in [2.05, 4.69) is 5.10 Å². The molecule has 1 aliphatic heterocycles. The molecule has 2 aromatic carbocycles. The van der Waals surface area contributed by atoms with Crippen molar-refractivity contribution in [2.24, 2.45) is 7.05 Å². The number of hydrogen-bond acceptors (Lipinski definition) is 3. The molecule has 5 nitrogen and oxygen atoms in total. The van der Waals surface area contributed by atoms with E-state index in [4.69, 9.17) is 0 Å². The van der Waals surface area contributed by atoms with E-state index in [-0.39, 0.29) is 5.91 Å². The van der Waals surface area contributed by atoms with Gasteiger partial charge in [0.2, 0.25) is 0 Å². The number of amides is 1. The molecule has 1 saturated heterocycles. The monoisotopic (exact) mass is 414 g/mol. The number of alkyl halides is 3. The summed E-state index contributed by atoms with van der Waals surface area (Å²) in [5, 5.41) is 4.44. The summed E-state index contributed by atoms with van der Waals surface area (Å²) in [5.41, 5.74) is 2.00. The molecule has 0 bridgehead atoms. The highest BCUT2D eigenvalue weighted by atomic mass is 19.4. The van der Waals surface area contributed by atoms with Crippen LogP contribution in [-0.4, -0.2) is 46.8 Å². The zero-order chi connectivity index (χ0) is 21.3. The van der Waals surface area contributed by atoms with E-state index in [0.29, 0.717) is 37.6 Å². The van der Waals surface area contributed by atoms with Gasteiger partial charge in [-0.2, -0.15) is 18.3 Å². The first-order valence-electron chi connectivity index (χ1n) is 9.64. The van der Waals surface area contributed by atoms with Gasteiger partial charge in [-0.15, -0.1) is 0 Å². The third kappa shape index (κ3) is 4.03. The second-order valence-corrected chi connectivity index (χ2v) is 7.23. The summed E-state index contributed by atoms with van der Waals surface area (Å²) in [7, 11) is 1.73. The fourth-order valence-electron chi connectivity index (χ4n) is 3.63. The van der Waals surface area contributed by atoms with Crippen LogP contribution in [0.4, 0.5) is 18.9 Å². The SMILES string of the molecule is Cn1nc(-c2ccccc2)cc1C(=O)N1CCN(c2cccc(C(F)(F)F)c2)CC1. The van der Waals surface area contributed by atoms with Gasteiger partial charge in [0.05, 0.1) is 11.3 Å². The largest absolute Gasteiger partial charge is 0.416 e. The van der Waals surface area contributed by atoms with E-state index >= 15 is 0 Å². The normalized spacial score (nSPS) is 14.8. The fraction of sp³-hybridized carbons (Fsp3) is 0.273. The number of carbonyl (C=O) groups excluding carboxylic acids is 1.